The van der Waals surface area contributed by atoms with Crippen molar-refractivity contribution in [1.82, 2.24) is 4.72 Å². The Kier molecular flexibility index (Phi) is 17.7. The van der Waals surface area contributed by atoms with E-state index in [2.05, 4.69) is 18.6 Å². The van der Waals surface area contributed by atoms with Gasteiger partial charge >= 0.3 is 6.03 Å². The highest BCUT2D eigenvalue weighted by Gasteiger charge is 2.10. The number of unbranched alkanes of at least 4 members (excludes halogenated alkanes) is 11. The Bertz CT molecular complexity index is 262. The smallest absolute Gasteiger partial charge is 0.322 e. The second-order valence-corrected chi connectivity index (χ2v) is 7.78. The molecular formula is C19H40N2OS. The number of nitrogens with one attached hydrogen (secondary N) is 1. The number of rotatable bonds is 17. The minimum atomic E-state index is -0.418. The molecule has 0 aromatic rings. The zero-order valence-corrected chi connectivity index (χ0v) is 16.4. The van der Waals surface area contributed by atoms with Gasteiger partial charge in [0.25, 0.3) is 0 Å². The van der Waals surface area contributed by atoms with E-state index in [4.69, 9.17) is 5.73 Å². The van der Waals surface area contributed by atoms with Crippen molar-refractivity contribution in [3.8, 4) is 0 Å². The van der Waals surface area contributed by atoms with Gasteiger partial charge in [0.05, 0.1) is 0 Å². The minimum absolute atomic E-state index is 0.418. The lowest BCUT2D eigenvalue weighted by atomic mass is 10.0. The maximum Gasteiger partial charge on any atom is 0.322 e. The fraction of sp³-hybridized carbons (Fsp3) is 0.947. The molecule has 3 nitrogen and oxygen atoms in total. The van der Waals surface area contributed by atoms with Crippen molar-refractivity contribution < 1.29 is 4.79 Å². The summed E-state index contributed by atoms with van der Waals surface area (Å²) in [5, 5.41) is 0.531. The van der Waals surface area contributed by atoms with Gasteiger partial charge in [0.2, 0.25) is 0 Å². The molecule has 0 aromatic carbocycles. The van der Waals surface area contributed by atoms with E-state index in [1.807, 2.05) is 0 Å². The second kappa shape index (κ2) is 18.0. The molecule has 138 valence electrons. The molecular weight excluding hydrogens is 304 g/mol. The lowest BCUT2D eigenvalue weighted by Crippen LogP contribution is -2.25. The van der Waals surface area contributed by atoms with Crippen LogP contribution in [0.25, 0.3) is 0 Å². The summed E-state index contributed by atoms with van der Waals surface area (Å²) in [7, 11) is 0. The minimum Gasteiger partial charge on any atom is -0.351 e. The summed E-state index contributed by atoms with van der Waals surface area (Å²) in [5.74, 6) is 0. The Morgan fingerprint density at radius 2 is 1.17 bits per heavy atom. The van der Waals surface area contributed by atoms with Crippen molar-refractivity contribution in [2.24, 2.45) is 5.73 Å². The van der Waals surface area contributed by atoms with E-state index in [-0.39, 0.29) is 0 Å². The summed E-state index contributed by atoms with van der Waals surface area (Å²) in [4.78, 5) is 10.9. The predicted octanol–water partition coefficient (Wildman–Crippen LogP) is 6.56. The maximum absolute atomic E-state index is 10.9. The molecule has 1 unspecified atom stereocenters. The van der Waals surface area contributed by atoms with E-state index in [0.29, 0.717) is 5.25 Å². The largest absolute Gasteiger partial charge is 0.351 e. The molecule has 0 heterocycles. The Morgan fingerprint density at radius 3 is 1.65 bits per heavy atom. The number of hydrogen-bond acceptors (Lipinski definition) is 2. The third-order valence-electron chi connectivity index (χ3n) is 4.34. The van der Waals surface area contributed by atoms with Crippen LogP contribution >= 0.6 is 11.9 Å². The molecule has 0 spiro atoms. The van der Waals surface area contributed by atoms with Crippen LogP contribution in [0.1, 0.15) is 110 Å². The van der Waals surface area contributed by atoms with Crippen LogP contribution in [0.2, 0.25) is 0 Å². The van der Waals surface area contributed by atoms with Crippen LogP contribution in [0.4, 0.5) is 4.79 Å². The highest BCUT2D eigenvalue weighted by atomic mass is 32.2. The van der Waals surface area contributed by atoms with Crippen LogP contribution in [-0.4, -0.2) is 11.3 Å². The van der Waals surface area contributed by atoms with Crippen molar-refractivity contribution in [2.75, 3.05) is 0 Å². The summed E-state index contributed by atoms with van der Waals surface area (Å²) in [5.41, 5.74) is 5.18. The standard InChI is InChI=1S/C19H40N2OS/c1-3-5-7-8-9-10-11-12-13-15-17-18(16-14-6-4-2)23-21-19(20)22/h18H,3-17H2,1-2H3,(H3,20,21,22). The van der Waals surface area contributed by atoms with Gasteiger partial charge in [0.15, 0.2) is 0 Å². The summed E-state index contributed by atoms with van der Waals surface area (Å²) in [6.07, 6.45) is 19.9. The molecule has 4 heteroatoms. The van der Waals surface area contributed by atoms with E-state index in [1.54, 1.807) is 0 Å². The van der Waals surface area contributed by atoms with E-state index < -0.39 is 6.03 Å². The zero-order chi connectivity index (χ0) is 17.2. The number of carbonyl (C=O) groups is 1. The van der Waals surface area contributed by atoms with Gasteiger partial charge in [-0.15, -0.1) is 0 Å². The predicted molar refractivity (Wildman–Crippen MR) is 105 cm³/mol. The number of nitrogens with two attached hydrogens (primary N) is 1. The molecule has 0 aliphatic heterocycles. The van der Waals surface area contributed by atoms with Crippen LogP contribution in [0.15, 0.2) is 0 Å². The number of urea groups is 1. The molecule has 0 bridgehead atoms. The Morgan fingerprint density at radius 1 is 0.783 bits per heavy atom. The van der Waals surface area contributed by atoms with Gasteiger partial charge in [-0.2, -0.15) is 0 Å². The van der Waals surface area contributed by atoms with E-state index in [9.17, 15) is 4.79 Å². The molecule has 0 radical (unpaired) electrons. The summed E-state index contributed by atoms with van der Waals surface area (Å²) < 4.78 is 2.71. The van der Waals surface area contributed by atoms with Crippen LogP contribution in [0, 0.1) is 0 Å². The van der Waals surface area contributed by atoms with Crippen LogP contribution < -0.4 is 10.5 Å². The summed E-state index contributed by atoms with van der Waals surface area (Å²) >= 11 is 1.54. The van der Waals surface area contributed by atoms with Gasteiger partial charge in [0.1, 0.15) is 0 Å². The van der Waals surface area contributed by atoms with Gasteiger partial charge in [0, 0.05) is 5.25 Å². The van der Waals surface area contributed by atoms with Crippen LogP contribution in [0.3, 0.4) is 0 Å². The Hall–Kier alpha value is -0.380. The van der Waals surface area contributed by atoms with Crippen molar-refractivity contribution in [2.45, 2.75) is 115 Å². The Labute approximate surface area is 149 Å². The van der Waals surface area contributed by atoms with Crippen molar-refractivity contribution >= 4 is 18.0 Å². The zero-order valence-electron chi connectivity index (χ0n) is 15.6. The van der Waals surface area contributed by atoms with Crippen LogP contribution in [0.5, 0.6) is 0 Å². The maximum atomic E-state index is 10.9. The lowest BCUT2D eigenvalue weighted by Gasteiger charge is -2.15. The van der Waals surface area contributed by atoms with E-state index in [0.717, 1.165) is 0 Å². The fourth-order valence-corrected chi connectivity index (χ4v) is 3.74. The molecule has 23 heavy (non-hydrogen) atoms. The molecule has 0 rings (SSSR count). The molecule has 1 atom stereocenters. The first-order chi connectivity index (χ1) is 11.2. The average molecular weight is 345 g/mol. The summed E-state index contributed by atoms with van der Waals surface area (Å²) in [6.45, 7) is 4.50. The van der Waals surface area contributed by atoms with E-state index in [1.165, 1.54) is 108 Å². The molecule has 0 aliphatic carbocycles. The van der Waals surface area contributed by atoms with Gasteiger partial charge in [-0.05, 0) is 24.8 Å². The van der Waals surface area contributed by atoms with E-state index >= 15 is 0 Å². The van der Waals surface area contributed by atoms with Crippen molar-refractivity contribution in [3.63, 3.8) is 0 Å². The van der Waals surface area contributed by atoms with Crippen molar-refractivity contribution in [3.05, 3.63) is 0 Å². The number of amides is 2. The third-order valence-corrected chi connectivity index (χ3v) is 5.46. The van der Waals surface area contributed by atoms with Gasteiger partial charge in [-0.3, -0.25) is 4.72 Å². The summed E-state index contributed by atoms with van der Waals surface area (Å²) in [6, 6.07) is -0.418. The number of primary amides is 1. The average Bonchev–Trinajstić information content (AvgIpc) is 2.53. The highest BCUT2D eigenvalue weighted by Crippen LogP contribution is 2.22. The highest BCUT2D eigenvalue weighted by molar-refractivity contribution is 7.98. The van der Waals surface area contributed by atoms with Crippen molar-refractivity contribution in [1.29, 1.82) is 0 Å². The van der Waals surface area contributed by atoms with Crippen LogP contribution in [-0.2, 0) is 0 Å². The molecule has 0 aromatic heterocycles. The molecule has 0 fully saturated rings. The first kappa shape index (κ1) is 22.6. The SMILES string of the molecule is CCCCCCCCCCCCC(CCCCC)SNC(N)=O. The molecule has 0 aliphatic rings. The molecule has 0 saturated heterocycles. The third kappa shape index (κ3) is 17.8. The first-order valence-electron chi connectivity index (χ1n) is 9.91. The quantitative estimate of drug-likeness (QED) is 0.232. The van der Waals surface area contributed by atoms with Gasteiger partial charge in [-0.1, -0.05) is 97.3 Å². The molecule has 0 saturated carbocycles. The Balaban J connectivity index is 3.54. The second-order valence-electron chi connectivity index (χ2n) is 6.67. The molecule has 3 N–H and O–H groups in total. The number of carbonyl (C=O) groups excluding carboxylic acids is 1. The molecule has 2 amide bonds. The van der Waals surface area contributed by atoms with Gasteiger partial charge < -0.3 is 5.73 Å². The first-order valence-corrected chi connectivity index (χ1v) is 10.8. The normalized spacial score (nSPS) is 12.3. The topological polar surface area (TPSA) is 55.1 Å². The van der Waals surface area contributed by atoms with Gasteiger partial charge in [-0.25, -0.2) is 4.79 Å². The number of hydrogen-bond donors (Lipinski definition) is 2. The monoisotopic (exact) mass is 344 g/mol. The fourth-order valence-electron chi connectivity index (χ4n) is 2.89. The lowest BCUT2D eigenvalue weighted by molar-refractivity contribution is 0.254.